The van der Waals surface area contributed by atoms with Gasteiger partial charge in [-0.3, -0.25) is 4.79 Å². The summed E-state index contributed by atoms with van der Waals surface area (Å²) in [7, 11) is 3.08. The van der Waals surface area contributed by atoms with Crippen molar-refractivity contribution in [1.82, 2.24) is 15.5 Å². The highest BCUT2D eigenvalue weighted by Gasteiger charge is 2.27. The van der Waals surface area contributed by atoms with E-state index >= 15 is 0 Å². The Kier molecular flexibility index (Phi) is 8.66. The van der Waals surface area contributed by atoms with Crippen LogP contribution in [0.1, 0.15) is 37.0 Å². The van der Waals surface area contributed by atoms with Crippen LogP contribution in [0.4, 0.5) is 0 Å². The SMILES string of the molecule is CCOc1ccc(C(=O)N[C@H](C(=O)OCc2nc(-c3ccc(OC)c(OC)c3)no2)C(C)C)cc1. The molecule has 0 radical (unpaired) electrons. The average molecular weight is 484 g/mol. The van der Waals surface area contributed by atoms with E-state index in [1.165, 1.54) is 7.11 Å². The molecule has 1 heterocycles. The molecule has 0 aliphatic heterocycles. The van der Waals surface area contributed by atoms with Gasteiger partial charge in [0.15, 0.2) is 18.1 Å². The third kappa shape index (κ3) is 6.50. The number of hydrogen-bond donors (Lipinski definition) is 1. The van der Waals surface area contributed by atoms with Gasteiger partial charge in [0.05, 0.1) is 20.8 Å². The lowest BCUT2D eigenvalue weighted by molar-refractivity contribution is -0.149. The number of hydrogen-bond acceptors (Lipinski definition) is 9. The van der Waals surface area contributed by atoms with Crippen molar-refractivity contribution in [2.45, 2.75) is 33.4 Å². The molecule has 0 spiro atoms. The largest absolute Gasteiger partial charge is 0.494 e. The number of ether oxygens (including phenoxy) is 4. The molecular weight excluding hydrogens is 454 g/mol. The Balaban J connectivity index is 1.62. The van der Waals surface area contributed by atoms with Crippen molar-refractivity contribution in [3.8, 4) is 28.6 Å². The van der Waals surface area contributed by atoms with Gasteiger partial charge in [-0.15, -0.1) is 0 Å². The molecule has 0 aliphatic rings. The fourth-order valence-corrected chi connectivity index (χ4v) is 3.22. The van der Waals surface area contributed by atoms with Gasteiger partial charge in [-0.05, 0) is 55.3 Å². The van der Waals surface area contributed by atoms with Gasteiger partial charge in [0.2, 0.25) is 5.82 Å². The van der Waals surface area contributed by atoms with Crippen LogP contribution in [0.15, 0.2) is 47.0 Å². The maximum absolute atomic E-state index is 12.7. The minimum absolute atomic E-state index is 0.114. The van der Waals surface area contributed by atoms with Crippen molar-refractivity contribution in [3.05, 3.63) is 53.9 Å². The van der Waals surface area contributed by atoms with Gasteiger partial charge in [0.1, 0.15) is 11.8 Å². The van der Waals surface area contributed by atoms with Crippen LogP contribution in [-0.4, -0.2) is 48.9 Å². The highest BCUT2D eigenvalue weighted by atomic mass is 16.6. The van der Waals surface area contributed by atoms with Crippen LogP contribution in [0.3, 0.4) is 0 Å². The zero-order valence-electron chi connectivity index (χ0n) is 20.4. The minimum Gasteiger partial charge on any atom is -0.494 e. The zero-order chi connectivity index (χ0) is 25.4. The maximum atomic E-state index is 12.7. The van der Waals surface area contributed by atoms with E-state index in [-0.39, 0.29) is 18.4 Å². The molecule has 0 fully saturated rings. The Labute approximate surface area is 203 Å². The molecular formula is C25H29N3O7. The van der Waals surface area contributed by atoms with Crippen LogP contribution in [0, 0.1) is 5.92 Å². The number of carbonyl (C=O) groups excluding carboxylic acids is 2. The topological polar surface area (TPSA) is 122 Å². The predicted octanol–water partition coefficient (Wildman–Crippen LogP) is 3.65. The summed E-state index contributed by atoms with van der Waals surface area (Å²) >= 11 is 0. The minimum atomic E-state index is -0.859. The van der Waals surface area contributed by atoms with Gasteiger partial charge in [-0.1, -0.05) is 19.0 Å². The van der Waals surface area contributed by atoms with Gasteiger partial charge < -0.3 is 28.8 Å². The highest BCUT2D eigenvalue weighted by molar-refractivity contribution is 5.96. The van der Waals surface area contributed by atoms with Crippen LogP contribution in [0.25, 0.3) is 11.4 Å². The van der Waals surface area contributed by atoms with E-state index in [0.717, 1.165) is 0 Å². The van der Waals surface area contributed by atoms with Crippen molar-refractivity contribution in [2.24, 2.45) is 5.92 Å². The molecule has 0 aliphatic carbocycles. The maximum Gasteiger partial charge on any atom is 0.329 e. The third-order valence-electron chi connectivity index (χ3n) is 5.08. The summed E-state index contributed by atoms with van der Waals surface area (Å²) in [6.07, 6.45) is 0. The number of benzene rings is 2. The van der Waals surface area contributed by atoms with Gasteiger partial charge in [-0.25, -0.2) is 4.79 Å². The Morgan fingerprint density at radius 2 is 1.74 bits per heavy atom. The fraction of sp³-hybridized carbons (Fsp3) is 0.360. The molecule has 3 aromatic rings. The molecule has 2 aromatic carbocycles. The average Bonchev–Trinajstić information content (AvgIpc) is 3.34. The van der Waals surface area contributed by atoms with E-state index in [1.807, 2.05) is 20.8 Å². The molecule has 0 saturated carbocycles. The third-order valence-corrected chi connectivity index (χ3v) is 5.08. The molecule has 1 aromatic heterocycles. The van der Waals surface area contributed by atoms with Gasteiger partial charge in [0, 0.05) is 11.1 Å². The number of methoxy groups -OCH3 is 2. The summed E-state index contributed by atoms with van der Waals surface area (Å²) in [5, 5.41) is 6.66. The van der Waals surface area contributed by atoms with Crippen molar-refractivity contribution in [1.29, 1.82) is 0 Å². The predicted molar refractivity (Wildman–Crippen MR) is 126 cm³/mol. The van der Waals surface area contributed by atoms with Crippen LogP contribution in [0.5, 0.6) is 17.2 Å². The summed E-state index contributed by atoms with van der Waals surface area (Å²) in [5.74, 6) is 0.967. The number of aromatic nitrogens is 2. The first kappa shape index (κ1) is 25.5. The van der Waals surface area contributed by atoms with Crippen LogP contribution in [0.2, 0.25) is 0 Å². The van der Waals surface area contributed by atoms with Gasteiger partial charge >= 0.3 is 5.97 Å². The Hall–Kier alpha value is -4.08. The quantitative estimate of drug-likeness (QED) is 0.407. The number of nitrogens with one attached hydrogen (secondary N) is 1. The van der Waals surface area contributed by atoms with E-state index < -0.39 is 17.9 Å². The molecule has 0 unspecified atom stereocenters. The summed E-state index contributed by atoms with van der Waals surface area (Å²) in [4.78, 5) is 29.6. The van der Waals surface area contributed by atoms with Crippen LogP contribution < -0.4 is 19.5 Å². The summed E-state index contributed by atoms with van der Waals surface area (Å²) < 4.78 is 26.5. The molecule has 1 N–H and O–H groups in total. The lowest BCUT2D eigenvalue weighted by atomic mass is 10.0. The molecule has 10 nitrogen and oxygen atoms in total. The first-order chi connectivity index (χ1) is 16.9. The highest BCUT2D eigenvalue weighted by Crippen LogP contribution is 2.31. The van der Waals surface area contributed by atoms with Crippen molar-refractivity contribution in [3.63, 3.8) is 0 Å². The number of esters is 1. The normalized spacial score (nSPS) is 11.6. The van der Waals surface area contributed by atoms with Gasteiger partial charge in [-0.2, -0.15) is 4.98 Å². The number of amides is 1. The summed E-state index contributed by atoms with van der Waals surface area (Å²) in [5.41, 5.74) is 1.05. The van der Waals surface area contributed by atoms with Gasteiger partial charge in [0.25, 0.3) is 11.8 Å². The molecule has 1 atom stereocenters. The van der Waals surface area contributed by atoms with Crippen molar-refractivity contribution < 1.29 is 33.1 Å². The first-order valence-electron chi connectivity index (χ1n) is 11.1. The second-order valence-electron chi connectivity index (χ2n) is 7.84. The summed E-state index contributed by atoms with van der Waals surface area (Å²) in [6, 6.07) is 11.0. The lowest BCUT2D eigenvalue weighted by Gasteiger charge is -2.20. The monoisotopic (exact) mass is 483 g/mol. The van der Waals surface area contributed by atoms with Crippen LogP contribution in [-0.2, 0) is 16.1 Å². The molecule has 1 amide bonds. The number of rotatable bonds is 11. The Bertz CT molecular complexity index is 1140. The van der Waals surface area contributed by atoms with Crippen molar-refractivity contribution in [2.75, 3.05) is 20.8 Å². The smallest absolute Gasteiger partial charge is 0.329 e. The Morgan fingerprint density at radius 3 is 2.37 bits per heavy atom. The standard InChI is InChI=1S/C25H29N3O7/c1-6-33-18-10-7-16(8-11-18)24(29)27-22(15(2)3)25(30)34-14-21-26-23(28-35-21)17-9-12-19(31-4)20(13-17)32-5/h7-13,15,22H,6,14H2,1-5H3,(H,27,29)/t22-/m0/s1. The molecule has 0 saturated heterocycles. The van der Waals surface area contributed by atoms with Crippen molar-refractivity contribution >= 4 is 11.9 Å². The molecule has 3 rings (SSSR count). The van der Waals surface area contributed by atoms with E-state index in [1.54, 1.807) is 49.6 Å². The van der Waals surface area contributed by atoms with Crippen LogP contribution >= 0.6 is 0 Å². The summed E-state index contributed by atoms with van der Waals surface area (Å²) in [6.45, 7) is 5.80. The second kappa shape index (κ2) is 11.9. The van der Waals surface area contributed by atoms with E-state index in [2.05, 4.69) is 15.5 Å². The van der Waals surface area contributed by atoms with E-state index in [4.69, 9.17) is 23.5 Å². The molecule has 35 heavy (non-hydrogen) atoms. The lowest BCUT2D eigenvalue weighted by Crippen LogP contribution is -2.45. The fourth-order valence-electron chi connectivity index (χ4n) is 3.22. The first-order valence-corrected chi connectivity index (χ1v) is 11.1. The molecule has 0 bridgehead atoms. The van der Waals surface area contributed by atoms with E-state index in [0.29, 0.717) is 40.8 Å². The number of carbonyl (C=O) groups is 2. The Morgan fingerprint density at radius 1 is 1.03 bits per heavy atom. The zero-order valence-corrected chi connectivity index (χ0v) is 20.4. The second-order valence-corrected chi connectivity index (χ2v) is 7.84. The molecule has 10 heteroatoms. The number of nitrogens with zero attached hydrogens (tertiary/aromatic N) is 2. The molecule has 186 valence electrons. The van der Waals surface area contributed by atoms with E-state index in [9.17, 15) is 9.59 Å².